The normalized spacial score (nSPS) is 16.1. The molecule has 1 heterocycles. The number of benzene rings is 2. The number of hydrogen-bond donors (Lipinski definition) is 3. The molecular weight excluding hydrogens is 460 g/mol. The second-order valence-electron chi connectivity index (χ2n) is 8.90. The third-order valence-electron chi connectivity index (χ3n) is 6.51. The van der Waals surface area contributed by atoms with Crippen LogP contribution in [0.25, 0.3) is 12.2 Å². The molecule has 0 spiro atoms. The Kier molecular flexibility index (Phi) is 9.35. The van der Waals surface area contributed by atoms with E-state index in [0.29, 0.717) is 5.56 Å². The van der Waals surface area contributed by atoms with Crippen LogP contribution in [0, 0.1) is 0 Å². The standard InChI is InChI=1S/C27H34N4O5/c1-27(25(33)28-2,26(34)29-35)30(3)24(32)23-13-11-21(12-14-23)6-5-20-7-9-22(10-8-20)19-31-15-4-17-36-18-16-31/h5-14,35H,4,15-19H2,1-3H3,(H,28,33)(H,29,34)/b6-5+/t27-/m0/s1. The van der Waals surface area contributed by atoms with Crippen LogP contribution in [0.3, 0.4) is 0 Å². The molecule has 2 aromatic rings. The molecular formula is C27H34N4O5. The Labute approximate surface area is 211 Å². The van der Waals surface area contributed by atoms with E-state index in [0.717, 1.165) is 55.3 Å². The molecule has 9 heteroatoms. The summed E-state index contributed by atoms with van der Waals surface area (Å²) in [6, 6.07) is 15.3. The number of carbonyl (C=O) groups excluding carboxylic acids is 3. The lowest BCUT2D eigenvalue weighted by atomic mass is 9.96. The number of likely N-dealkylation sites (N-methyl/N-ethyl adjacent to an activating group) is 2. The molecule has 3 N–H and O–H groups in total. The number of ether oxygens (including phenoxy) is 1. The van der Waals surface area contributed by atoms with E-state index < -0.39 is 23.3 Å². The summed E-state index contributed by atoms with van der Waals surface area (Å²) in [6.45, 7) is 5.80. The maximum absolute atomic E-state index is 13.0. The van der Waals surface area contributed by atoms with Crippen molar-refractivity contribution in [3.05, 3.63) is 70.8 Å². The first-order valence-electron chi connectivity index (χ1n) is 11.9. The number of hydrogen-bond acceptors (Lipinski definition) is 6. The summed E-state index contributed by atoms with van der Waals surface area (Å²) in [5.41, 5.74) is 3.07. The molecule has 1 aliphatic rings. The molecule has 0 bridgehead atoms. The lowest BCUT2D eigenvalue weighted by Gasteiger charge is -2.34. The van der Waals surface area contributed by atoms with Gasteiger partial charge >= 0.3 is 0 Å². The Morgan fingerprint density at radius 2 is 1.61 bits per heavy atom. The summed E-state index contributed by atoms with van der Waals surface area (Å²) in [6.07, 6.45) is 5.01. The van der Waals surface area contributed by atoms with Gasteiger partial charge in [-0.15, -0.1) is 0 Å². The van der Waals surface area contributed by atoms with Crippen molar-refractivity contribution in [1.82, 2.24) is 20.6 Å². The average Bonchev–Trinajstić information content (AvgIpc) is 3.19. The zero-order chi connectivity index (χ0) is 26.1. The SMILES string of the molecule is CNC(=O)[C@@](C)(C(=O)NO)N(C)C(=O)c1ccc(/C=C/c2ccc(CN3CCCOCC3)cc2)cc1. The Morgan fingerprint density at radius 3 is 2.19 bits per heavy atom. The third-order valence-corrected chi connectivity index (χ3v) is 6.51. The Morgan fingerprint density at radius 1 is 1.00 bits per heavy atom. The zero-order valence-electron chi connectivity index (χ0n) is 21.0. The fourth-order valence-electron chi connectivity index (χ4n) is 4.03. The average molecular weight is 495 g/mol. The van der Waals surface area contributed by atoms with E-state index in [-0.39, 0.29) is 0 Å². The van der Waals surface area contributed by atoms with Crippen molar-refractivity contribution in [2.75, 3.05) is 40.4 Å². The van der Waals surface area contributed by atoms with Gasteiger partial charge in [-0.2, -0.15) is 0 Å². The first-order chi connectivity index (χ1) is 17.3. The zero-order valence-corrected chi connectivity index (χ0v) is 21.0. The van der Waals surface area contributed by atoms with Crippen molar-refractivity contribution >= 4 is 29.9 Å². The number of hydroxylamine groups is 1. The van der Waals surface area contributed by atoms with E-state index in [9.17, 15) is 14.4 Å². The first-order valence-corrected chi connectivity index (χ1v) is 11.9. The van der Waals surface area contributed by atoms with Crippen LogP contribution >= 0.6 is 0 Å². The molecule has 0 radical (unpaired) electrons. The van der Waals surface area contributed by atoms with Crippen molar-refractivity contribution < 1.29 is 24.3 Å². The predicted molar refractivity (Wildman–Crippen MR) is 137 cm³/mol. The van der Waals surface area contributed by atoms with Gasteiger partial charge in [-0.1, -0.05) is 48.6 Å². The summed E-state index contributed by atoms with van der Waals surface area (Å²) < 4.78 is 5.52. The highest BCUT2D eigenvalue weighted by molar-refractivity contribution is 6.12. The van der Waals surface area contributed by atoms with E-state index in [4.69, 9.17) is 9.94 Å². The van der Waals surface area contributed by atoms with Gasteiger partial charge in [0.15, 0.2) is 5.54 Å². The predicted octanol–water partition coefficient (Wildman–Crippen LogP) is 2.16. The monoisotopic (exact) mass is 494 g/mol. The van der Waals surface area contributed by atoms with E-state index in [2.05, 4.69) is 34.5 Å². The third kappa shape index (κ3) is 6.37. The smallest absolute Gasteiger partial charge is 0.278 e. The molecule has 1 aliphatic heterocycles. The molecule has 9 nitrogen and oxygen atoms in total. The number of rotatable bonds is 8. The molecule has 0 unspecified atom stereocenters. The molecule has 0 aliphatic carbocycles. The van der Waals surface area contributed by atoms with Gasteiger partial charge in [-0.25, -0.2) is 5.48 Å². The maximum Gasteiger partial charge on any atom is 0.278 e. The van der Waals surface area contributed by atoms with Gasteiger partial charge in [0.1, 0.15) is 0 Å². The van der Waals surface area contributed by atoms with Gasteiger partial charge in [-0.3, -0.25) is 24.5 Å². The fraction of sp³-hybridized carbons (Fsp3) is 0.370. The second-order valence-corrected chi connectivity index (χ2v) is 8.90. The Hall–Kier alpha value is -3.53. The minimum absolute atomic E-state index is 0.304. The van der Waals surface area contributed by atoms with E-state index in [1.807, 2.05) is 12.2 Å². The second kappa shape index (κ2) is 12.4. The first kappa shape index (κ1) is 27.1. The van der Waals surface area contributed by atoms with Gasteiger partial charge in [0.05, 0.1) is 6.61 Å². The summed E-state index contributed by atoms with van der Waals surface area (Å²) >= 11 is 0. The summed E-state index contributed by atoms with van der Waals surface area (Å²) in [5, 5.41) is 11.4. The fourth-order valence-corrected chi connectivity index (χ4v) is 4.03. The Bertz CT molecular complexity index is 1060. The van der Waals surface area contributed by atoms with Crippen molar-refractivity contribution in [2.24, 2.45) is 0 Å². The molecule has 3 amide bonds. The molecule has 3 rings (SSSR count). The van der Waals surface area contributed by atoms with Crippen molar-refractivity contribution in [2.45, 2.75) is 25.4 Å². The number of nitrogens with zero attached hydrogens (tertiary/aromatic N) is 2. The summed E-state index contributed by atoms with van der Waals surface area (Å²) in [7, 11) is 2.69. The largest absolute Gasteiger partial charge is 0.380 e. The van der Waals surface area contributed by atoms with Crippen LogP contribution in [-0.2, 0) is 20.9 Å². The van der Waals surface area contributed by atoms with Crippen LogP contribution in [-0.4, -0.2) is 78.7 Å². The van der Waals surface area contributed by atoms with Crippen molar-refractivity contribution in [3.63, 3.8) is 0 Å². The van der Waals surface area contributed by atoms with Gasteiger partial charge < -0.3 is 15.0 Å². The van der Waals surface area contributed by atoms with Gasteiger partial charge in [0, 0.05) is 45.9 Å². The number of carbonyl (C=O) groups is 3. The van der Waals surface area contributed by atoms with E-state index >= 15 is 0 Å². The van der Waals surface area contributed by atoms with E-state index in [1.165, 1.54) is 32.1 Å². The highest BCUT2D eigenvalue weighted by Crippen LogP contribution is 2.19. The maximum atomic E-state index is 13.0. The summed E-state index contributed by atoms with van der Waals surface area (Å²) in [4.78, 5) is 40.9. The molecule has 1 fully saturated rings. The molecule has 0 saturated carbocycles. The van der Waals surface area contributed by atoms with Gasteiger partial charge in [0.25, 0.3) is 17.7 Å². The minimum atomic E-state index is -1.92. The minimum Gasteiger partial charge on any atom is -0.380 e. The van der Waals surface area contributed by atoms with Crippen LogP contribution < -0.4 is 10.8 Å². The van der Waals surface area contributed by atoms with Gasteiger partial charge in [0.2, 0.25) is 0 Å². The lowest BCUT2D eigenvalue weighted by Crippen LogP contribution is -2.64. The highest BCUT2D eigenvalue weighted by Gasteiger charge is 2.47. The highest BCUT2D eigenvalue weighted by atomic mass is 16.5. The molecule has 1 atom stereocenters. The molecule has 36 heavy (non-hydrogen) atoms. The van der Waals surface area contributed by atoms with Gasteiger partial charge in [-0.05, 0) is 42.2 Å². The van der Waals surface area contributed by atoms with Crippen LogP contribution in [0.4, 0.5) is 0 Å². The number of nitrogens with one attached hydrogen (secondary N) is 2. The van der Waals surface area contributed by atoms with Crippen molar-refractivity contribution in [1.29, 1.82) is 0 Å². The molecule has 1 saturated heterocycles. The topological polar surface area (TPSA) is 111 Å². The van der Waals surface area contributed by atoms with Crippen LogP contribution in [0.2, 0.25) is 0 Å². The molecule has 2 aromatic carbocycles. The van der Waals surface area contributed by atoms with Crippen molar-refractivity contribution in [3.8, 4) is 0 Å². The molecule has 192 valence electrons. The Balaban J connectivity index is 1.64. The van der Waals surface area contributed by atoms with Crippen LogP contribution in [0.15, 0.2) is 48.5 Å². The summed E-state index contributed by atoms with van der Waals surface area (Å²) in [5.74, 6) is -2.27. The van der Waals surface area contributed by atoms with E-state index in [1.54, 1.807) is 24.3 Å². The number of amides is 3. The lowest BCUT2D eigenvalue weighted by molar-refractivity contribution is -0.148. The molecule has 0 aromatic heterocycles. The van der Waals surface area contributed by atoms with Crippen LogP contribution in [0.5, 0.6) is 0 Å². The quantitative estimate of drug-likeness (QED) is 0.225. The van der Waals surface area contributed by atoms with Crippen LogP contribution in [0.1, 0.15) is 40.4 Å².